The fourth-order valence-electron chi connectivity index (χ4n) is 3.76. The second-order valence-electron chi connectivity index (χ2n) is 6.98. The molecule has 1 amide bonds. The van der Waals surface area contributed by atoms with Crippen molar-refractivity contribution in [1.82, 2.24) is 9.88 Å². The monoisotopic (exact) mass is 382 g/mol. The number of hydrogen-bond donors (Lipinski definition) is 0. The van der Waals surface area contributed by atoms with Crippen LogP contribution in [0.15, 0.2) is 42.7 Å². The molecule has 4 rings (SSSR count). The lowest BCUT2D eigenvalue weighted by Gasteiger charge is -2.36. The number of carbonyl (C=O) groups excluding carboxylic acids is 1. The molecule has 0 aliphatic carbocycles. The highest BCUT2D eigenvalue weighted by Gasteiger charge is 2.24. The topological polar surface area (TPSA) is 58.1 Å². The Morgan fingerprint density at radius 3 is 2.50 bits per heavy atom. The molecule has 2 saturated heterocycles. The first-order chi connectivity index (χ1) is 13.8. The Labute approximate surface area is 165 Å². The van der Waals surface area contributed by atoms with E-state index >= 15 is 0 Å². The number of carbonyl (C=O) groups is 1. The van der Waals surface area contributed by atoms with Gasteiger partial charge >= 0.3 is 0 Å². The van der Waals surface area contributed by atoms with E-state index in [0.29, 0.717) is 31.9 Å². The van der Waals surface area contributed by atoms with E-state index < -0.39 is 0 Å². The molecule has 0 unspecified atom stereocenters. The lowest BCUT2D eigenvalue weighted by atomic mass is 10.2. The van der Waals surface area contributed by atoms with Gasteiger partial charge in [0.1, 0.15) is 5.75 Å². The summed E-state index contributed by atoms with van der Waals surface area (Å²) in [5.74, 6) is 0.909. The SMILES string of the molecule is COc1ccccc1N1CCN(C(=O)c2cncc(N3CCOCC3)c2)CC1. The lowest BCUT2D eigenvalue weighted by molar-refractivity contribution is 0.0746. The molecular weight excluding hydrogens is 356 g/mol. The maximum atomic E-state index is 13.0. The number of ether oxygens (including phenoxy) is 2. The van der Waals surface area contributed by atoms with Crippen LogP contribution >= 0.6 is 0 Å². The molecule has 1 aromatic heterocycles. The van der Waals surface area contributed by atoms with Crippen LogP contribution in [0.2, 0.25) is 0 Å². The van der Waals surface area contributed by atoms with Crippen molar-refractivity contribution in [2.24, 2.45) is 0 Å². The van der Waals surface area contributed by atoms with E-state index in [1.54, 1.807) is 13.3 Å². The summed E-state index contributed by atoms with van der Waals surface area (Å²) in [7, 11) is 1.69. The average molecular weight is 382 g/mol. The van der Waals surface area contributed by atoms with Crippen molar-refractivity contribution >= 4 is 17.3 Å². The van der Waals surface area contributed by atoms with Crippen molar-refractivity contribution in [3.63, 3.8) is 0 Å². The average Bonchev–Trinajstić information content (AvgIpc) is 2.79. The fourth-order valence-corrected chi connectivity index (χ4v) is 3.76. The number of methoxy groups -OCH3 is 1. The molecule has 0 saturated carbocycles. The van der Waals surface area contributed by atoms with Gasteiger partial charge in [-0.1, -0.05) is 12.1 Å². The summed E-state index contributed by atoms with van der Waals surface area (Å²) in [6.45, 7) is 6.00. The van der Waals surface area contributed by atoms with Gasteiger partial charge < -0.3 is 24.2 Å². The quantitative estimate of drug-likeness (QED) is 0.805. The van der Waals surface area contributed by atoms with Crippen LogP contribution in [0.5, 0.6) is 5.75 Å². The number of morpholine rings is 1. The molecule has 2 fully saturated rings. The summed E-state index contributed by atoms with van der Waals surface area (Å²) in [6, 6.07) is 9.96. The minimum atomic E-state index is 0.0438. The van der Waals surface area contributed by atoms with Crippen LogP contribution in [-0.2, 0) is 4.74 Å². The van der Waals surface area contributed by atoms with Gasteiger partial charge in [0.05, 0.1) is 43.5 Å². The summed E-state index contributed by atoms with van der Waals surface area (Å²) < 4.78 is 10.9. The molecule has 0 bridgehead atoms. The zero-order chi connectivity index (χ0) is 19.3. The molecule has 148 valence electrons. The third-order valence-electron chi connectivity index (χ3n) is 5.34. The third kappa shape index (κ3) is 3.89. The van der Waals surface area contributed by atoms with E-state index in [4.69, 9.17) is 9.47 Å². The molecule has 7 nitrogen and oxygen atoms in total. The van der Waals surface area contributed by atoms with Gasteiger partial charge in [-0.25, -0.2) is 0 Å². The number of benzene rings is 1. The first-order valence-electron chi connectivity index (χ1n) is 9.71. The van der Waals surface area contributed by atoms with Gasteiger partial charge in [-0.15, -0.1) is 0 Å². The first kappa shape index (κ1) is 18.6. The van der Waals surface area contributed by atoms with E-state index in [1.807, 2.05) is 35.4 Å². The van der Waals surface area contributed by atoms with Crippen molar-refractivity contribution in [1.29, 1.82) is 0 Å². The van der Waals surface area contributed by atoms with Crippen LogP contribution in [0.3, 0.4) is 0 Å². The number of rotatable bonds is 4. The molecule has 0 atom stereocenters. The molecule has 0 spiro atoms. The Balaban J connectivity index is 1.41. The minimum Gasteiger partial charge on any atom is -0.495 e. The summed E-state index contributed by atoms with van der Waals surface area (Å²) in [5, 5.41) is 0. The Morgan fingerprint density at radius 1 is 1.00 bits per heavy atom. The molecule has 3 heterocycles. The van der Waals surface area contributed by atoms with Crippen molar-refractivity contribution in [3.8, 4) is 5.75 Å². The second-order valence-corrected chi connectivity index (χ2v) is 6.98. The molecule has 0 N–H and O–H groups in total. The van der Waals surface area contributed by atoms with Crippen LogP contribution in [0, 0.1) is 0 Å². The maximum Gasteiger partial charge on any atom is 0.255 e. The Hall–Kier alpha value is -2.80. The van der Waals surface area contributed by atoms with Crippen molar-refractivity contribution in [2.45, 2.75) is 0 Å². The second kappa shape index (κ2) is 8.48. The summed E-state index contributed by atoms with van der Waals surface area (Å²) in [6.07, 6.45) is 3.49. The van der Waals surface area contributed by atoms with E-state index in [9.17, 15) is 4.79 Å². The Kier molecular flexibility index (Phi) is 5.62. The van der Waals surface area contributed by atoms with Crippen LogP contribution in [0.25, 0.3) is 0 Å². The maximum absolute atomic E-state index is 13.0. The van der Waals surface area contributed by atoms with Gasteiger partial charge in [0, 0.05) is 45.5 Å². The van der Waals surface area contributed by atoms with Gasteiger partial charge in [0.15, 0.2) is 0 Å². The number of para-hydroxylation sites is 2. The van der Waals surface area contributed by atoms with Crippen LogP contribution < -0.4 is 14.5 Å². The highest BCUT2D eigenvalue weighted by Crippen LogP contribution is 2.28. The highest BCUT2D eigenvalue weighted by atomic mass is 16.5. The third-order valence-corrected chi connectivity index (χ3v) is 5.34. The van der Waals surface area contributed by atoms with Gasteiger partial charge in [-0.05, 0) is 18.2 Å². The van der Waals surface area contributed by atoms with Gasteiger partial charge in [-0.3, -0.25) is 9.78 Å². The minimum absolute atomic E-state index is 0.0438. The lowest BCUT2D eigenvalue weighted by Crippen LogP contribution is -2.49. The van der Waals surface area contributed by atoms with Crippen molar-refractivity contribution in [3.05, 3.63) is 48.3 Å². The molecule has 1 aromatic carbocycles. The standard InChI is InChI=1S/C21H26N4O3/c1-27-20-5-3-2-4-19(20)24-6-8-25(9-7-24)21(26)17-14-18(16-22-15-17)23-10-12-28-13-11-23/h2-5,14-16H,6-13H2,1H3. The predicted molar refractivity (Wildman–Crippen MR) is 108 cm³/mol. The zero-order valence-corrected chi connectivity index (χ0v) is 16.2. The van der Waals surface area contributed by atoms with Crippen molar-refractivity contribution < 1.29 is 14.3 Å². The zero-order valence-electron chi connectivity index (χ0n) is 16.2. The number of hydrogen-bond acceptors (Lipinski definition) is 6. The van der Waals surface area contributed by atoms with Gasteiger partial charge in [-0.2, -0.15) is 0 Å². The van der Waals surface area contributed by atoms with Crippen LogP contribution in [0.4, 0.5) is 11.4 Å². The van der Waals surface area contributed by atoms with Crippen molar-refractivity contribution in [2.75, 3.05) is 69.4 Å². The molecule has 7 heteroatoms. The van der Waals surface area contributed by atoms with E-state index in [1.165, 1.54) is 0 Å². The normalized spacial score (nSPS) is 17.5. The molecule has 2 aromatic rings. The highest BCUT2D eigenvalue weighted by molar-refractivity contribution is 5.95. The number of pyridine rings is 1. The molecule has 28 heavy (non-hydrogen) atoms. The number of amides is 1. The molecule has 2 aliphatic heterocycles. The van der Waals surface area contributed by atoms with Crippen LogP contribution in [0.1, 0.15) is 10.4 Å². The van der Waals surface area contributed by atoms with Gasteiger partial charge in [0.25, 0.3) is 5.91 Å². The van der Waals surface area contributed by atoms with Crippen LogP contribution in [-0.4, -0.2) is 75.4 Å². The largest absolute Gasteiger partial charge is 0.495 e. The van der Waals surface area contributed by atoms with E-state index in [0.717, 1.165) is 43.3 Å². The Bertz CT molecular complexity index is 815. The summed E-state index contributed by atoms with van der Waals surface area (Å²) >= 11 is 0. The summed E-state index contributed by atoms with van der Waals surface area (Å²) in [4.78, 5) is 23.7. The number of nitrogens with zero attached hydrogens (tertiary/aromatic N) is 4. The Morgan fingerprint density at radius 2 is 1.75 bits per heavy atom. The number of aromatic nitrogens is 1. The smallest absolute Gasteiger partial charge is 0.255 e. The molecule has 2 aliphatic rings. The molecule has 0 radical (unpaired) electrons. The number of anilines is 2. The van der Waals surface area contributed by atoms with Gasteiger partial charge in [0.2, 0.25) is 0 Å². The fraction of sp³-hybridized carbons (Fsp3) is 0.429. The van der Waals surface area contributed by atoms with E-state index in [2.05, 4.69) is 20.9 Å². The first-order valence-corrected chi connectivity index (χ1v) is 9.71. The summed E-state index contributed by atoms with van der Waals surface area (Å²) in [5.41, 5.74) is 2.71. The molecular formula is C21H26N4O3. The van der Waals surface area contributed by atoms with E-state index in [-0.39, 0.29) is 5.91 Å². The number of piperazine rings is 1. The predicted octanol–water partition coefficient (Wildman–Crippen LogP) is 1.89.